The van der Waals surface area contributed by atoms with Crippen molar-refractivity contribution in [3.8, 4) is 5.75 Å². The lowest BCUT2D eigenvalue weighted by Crippen LogP contribution is -2.56. The number of phenols is 1. The highest BCUT2D eigenvalue weighted by Crippen LogP contribution is 2.45. The molecule has 3 heterocycles. The first-order valence-corrected chi connectivity index (χ1v) is 21.1. The second-order valence-electron chi connectivity index (χ2n) is 17.4. The number of rotatable bonds is 15. The van der Waals surface area contributed by atoms with Crippen molar-refractivity contribution in [2.45, 2.75) is 130 Å². The molecule has 2 aromatic rings. The predicted octanol–water partition coefficient (Wildman–Crippen LogP) is 10.6. The zero-order valence-corrected chi connectivity index (χ0v) is 32.6. The van der Waals surface area contributed by atoms with Gasteiger partial charge in [-0.25, -0.2) is 0 Å². The van der Waals surface area contributed by atoms with Crippen LogP contribution in [-0.4, -0.2) is 66.8 Å². The first kappa shape index (κ1) is 37.5. The van der Waals surface area contributed by atoms with E-state index in [1.807, 2.05) is 12.1 Å². The number of phenolic OH excluding ortho intramolecular Hbond substituents is 1. The number of hydrogen-bond donors (Lipinski definition) is 1. The molecule has 1 N–H and O–H groups in total. The summed E-state index contributed by atoms with van der Waals surface area (Å²) in [5.74, 6) is 4.94. The van der Waals surface area contributed by atoms with Crippen LogP contribution in [0.25, 0.3) is 5.57 Å². The van der Waals surface area contributed by atoms with Gasteiger partial charge in [-0.2, -0.15) is 0 Å². The molecular weight excluding hydrogens is 611 g/mol. The Morgan fingerprint density at radius 3 is 2.54 bits per heavy atom. The van der Waals surface area contributed by atoms with Crippen molar-refractivity contribution in [2.24, 2.45) is 29.6 Å². The number of nitrogens with zero attached hydrogens (tertiary/aromatic N) is 3. The van der Waals surface area contributed by atoms with Gasteiger partial charge in [0.05, 0.1) is 0 Å². The molecule has 7 atom stereocenters. The van der Waals surface area contributed by atoms with Gasteiger partial charge in [0.1, 0.15) is 5.75 Å². The van der Waals surface area contributed by atoms with Gasteiger partial charge in [0.25, 0.3) is 0 Å². The summed E-state index contributed by atoms with van der Waals surface area (Å²) in [6.45, 7) is 24.8. The molecule has 6 unspecified atom stereocenters. The fourth-order valence-corrected chi connectivity index (χ4v) is 10.3. The Bertz CT molecular complexity index is 1400. The van der Waals surface area contributed by atoms with Gasteiger partial charge in [-0.05, 0) is 135 Å². The molecule has 4 aliphatic rings. The van der Waals surface area contributed by atoms with Crippen molar-refractivity contribution in [3.63, 3.8) is 0 Å². The van der Waals surface area contributed by atoms with Crippen molar-refractivity contribution in [1.29, 1.82) is 0 Å². The molecular formula is C46H71N3O. The Hall–Kier alpha value is -2.30. The number of aromatic hydroxyl groups is 1. The van der Waals surface area contributed by atoms with E-state index in [2.05, 4.69) is 80.2 Å². The fourth-order valence-electron chi connectivity index (χ4n) is 10.3. The maximum absolute atomic E-state index is 10.4. The van der Waals surface area contributed by atoms with Crippen LogP contribution >= 0.6 is 0 Å². The number of allylic oxidation sites excluding steroid dienone is 1. The number of anilines is 1. The highest BCUT2D eigenvalue weighted by atomic mass is 16.3. The predicted molar refractivity (Wildman–Crippen MR) is 214 cm³/mol. The maximum Gasteiger partial charge on any atom is 0.115 e. The van der Waals surface area contributed by atoms with Crippen molar-refractivity contribution in [2.75, 3.05) is 50.7 Å². The van der Waals surface area contributed by atoms with Crippen molar-refractivity contribution >= 4 is 11.3 Å². The number of piperidine rings is 1. The molecule has 4 nitrogen and oxygen atoms in total. The second-order valence-corrected chi connectivity index (χ2v) is 17.4. The molecule has 3 fully saturated rings. The number of benzene rings is 2. The third-order valence-corrected chi connectivity index (χ3v) is 14.0. The number of hydrogen-bond acceptors (Lipinski definition) is 4. The molecule has 276 valence electrons. The van der Waals surface area contributed by atoms with Crippen LogP contribution in [0.15, 0.2) is 43.0 Å². The van der Waals surface area contributed by atoms with E-state index in [9.17, 15) is 5.11 Å². The lowest BCUT2D eigenvalue weighted by molar-refractivity contribution is 0.0159. The van der Waals surface area contributed by atoms with Crippen LogP contribution in [0, 0.1) is 29.6 Å². The molecule has 2 aromatic carbocycles. The quantitative estimate of drug-likeness (QED) is 0.203. The number of piperazine rings is 1. The fraction of sp³-hybridized carbons (Fsp3) is 0.696. The van der Waals surface area contributed by atoms with Crippen LogP contribution in [0.3, 0.4) is 0 Å². The molecule has 2 saturated heterocycles. The molecule has 50 heavy (non-hydrogen) atoms. The molecule has 1 saturated carbocycles. The van der Waals surface area contributed by atoms with Crippen molar-refractivity contribution < 1.29 is 5.11 Å². The van der Waals surface area contributed by atoms with Crippen LogP contribution in [0.2, 0.25) is 0 Å². The largest absolute Gasteiger partial charge is 0.508 e. The maximum atomic E-state index is 10.4. The Kier molecular flexibility index (Phi) is 13.1. The smallest absolute Gasteiger partial charge is 0.115 e. The van der Waals surface area contributed by atoms with E-state index in [1.54, 1.807) is 0 Å². The minimum Gasteiger partial charge on any atom is -0.508 e. The second kappa shape index (κ2) is 17.5. The summed E-state index contributed by atoms with van der Waals surface area (Å²) in [7, 11) is 0. The average molecular weight is 682 g/mol. The van der Waals surface area contributed by atoms with Gasteiger partial charge in [0.2, 0.25) is 0 Å². The summed E-state index contributed by atoms with van der Waals surface area (Å²) in [6.07, 6.45) is 16.9. The lowest BCUT2D eigenvalue weighted by Gasteiger charge is -2.49. The first-order valence-electron chi connectivity index (χ1n) is 21.1. The molecule has 3 aliphatic heterocycles. The Morgan fingerprint density at radius 2 is 1.78 bits per heavy atom. The molecule has 0 aromatic heterocycles. The molecule has 0 bridgehead atoms. The van der Waals surface area contributed by atoms with Gasteiger partial charge in [-0.3, -0.25) is 4.90 Å². The van der Waals surface area contributed by atoms with Crippen LogP contribution in [0.4, 0.5) is 5.69 Å². The summed E-state index contributed by atoms with van der Waals surface area (Å²) in [5.41, 5.74) is 8.21. The van der Waals surface area contributed by atoms with E-state index in [4.69, 9.17) is 0 Å². The zero-order valence-electron chi connectivity index (χ0n) is 32.6. The molecule has 0 spiro atoms. The van der Waals surface area contributed by atoms with Crippen molar-refractivity contribution in [1.82, 2.24) is 9.80 Å². The molecule has 0 amide bonds. The minimum absolute atomic E-state index is 0.406. The SMILES string of the molecule is C=C(C)c1ccc2c(c1)N(CC1CCC1C(CCCC(C)[C@H](C)CC)CN1CCN3CCCCC3C1)CC(c1ccc(O)cc1CCC)CC2. The zero-order chi connectivity index (χ0) is 35.2. The summed E-state index contributed by atoms with van der Waals surface area (Å²) in [4.78, 5) is 8.53. The van der Waals surface area contributed by atoms with Gasteiger partial charge < -0.3 is 14.9 Å². The van der Waals surface area contributed by atoms with Crippen LogP contribution < -0.4 is 4.90 Å². The van der Waals surface area contributed by atoms with E-state index in [1.165, 1.54) is 125 Å². The third-order valence-electron chi connectivity index (χ3n) is 14.0. The van der Waals surface area contributed by atoms with Crippen LogP contribution in [-0.2, 0) is 12.8 Å². The highest BCUT2D eigenvalue weighted by molar-refractivity contribution is 5.69. The average Bonchev–Trinajstić information content (AvgIpc) is 3.28. The van der Waals surface area contributed by atoms with Gasteiger partial charge >= 0.3 is 0 Å². The van der Waals surface area contributed by atoms with E-state index in [0.717, 1.165) is 73.4 Å². The van der Waals surface area contributed by atoms with Gasteiger partial charge in [-0.1, -0.05) is 90.2 Å². The lowest BCUT2D eigenvalue weighted by atomic mass is 9.65. The van der Waals surface area contributed by atoms with Gasteiger partial charge in [-0.15, -0.1) is 0 Å². The van der Waals surface area contributed by atoms with Gasteiger partial charge in [0.15, 0.2) is 0 Å². The topological polar surface area (TPSA) is 30.0 Å². The first-order chi connectivity index (χ1) is 24.2. The van der Waals surface area contributed by atoms with E-state index >= 15 is 0 Å². The van der Waals surface area contributed by atoms with E-state index in [0.29, 0.717) is 11.7 Å². The molecule has 1 aliphatic carbocycles. The van der Waals surface area contributed by atoms with Crippen molar-refractivity contribution in [3.05, 3.63) is 65.2 Å². The summed E-state index contributed by atoms with van der Waals surface area (Å²) >= 11 is 0. The van der Waals surface area contributed by atoms with Gasteiger partial charge in [0, 0.05) is 56.9 Å². The standard InChI is InChI=1S/C46H71N3O/c1-7-12-38-27-43(50)21-23-44(38)40-19-17-36-16-18-37(33(3)4)28-46(36)49(30-40)31-41-20-22-45(41)39(14-11-13-35(6)34(5)8-2)29-47-25-26-48-24-10-9-15-42(48)32-47/h16,18,21,23,27-28,34-35,39-42,45,50H,3,7-15,17,19-20,22,24-26,29-32H2,1-2,4-6H3/t34-,35?,39?,40?,41?,42?,45?/m1/s1. The highest BCUT2D eigenvalue weighted by Gasteiger charge is 2.40. The number of fused-ring (bicyclic) bond motifs is 2. The third kappa shape index (κ3) is 9.00. The van der Waals surface area contributed by atoms with Crippen LogP contribution in [0.5, 0.6) is 5.75 Å². The van der Waals surface area contributed by atoms with Crippen LogP contribution in [0.1, 0.15) is 133 Å². The number of aryl methyl sites for hydroxylation is 2. The molecule has 0 radical (unpaired) electrons. The Balaban J connectivity index is 1.23. The van der Waals surface area contributed by atoms with E-state index < -0.39 is 0 Å². The normalized spacial score (nSPS) is 26.3. The Morgan fingerprint density at radius 1 is 0.920 bits per heavy atom. The summed E-state index contributed by atoms with van der Waals surface area (Å²) in [5, 5.41) is 10.4. The molecule has 4 heteroatoms. The molecule has 6 rings (SSSR count). The summed E-state index contributed by atoms with van der Waals surface area (Å²) < 4.78 is 0. The Labute approximate surface area is 306 Å². The summed E-state index contributed by atoms with van der Waals surface area (Å²) in [6, 6.07) is 14.2. The monoisotopic (exact) mass is 682 g/mol. The minimum atomic E-state index is 0.406. The van der Waals surface area contributed by atoms with E-state index in [-0.39, 0.29) is 0 Å².